The number of carbonyl (C=O) groups excluding carboxylic acids is 4. The lowest BCUT2D eigenvalue weighted by Crippen LogP contribution is -2.65. The number of piperidine rings is 1. The Hall–Kier alpha value is -4.11. The van der Waals surface area contributed by atoms with E-state index in [1.165, 1.54) is 40.0 Å². The van der Waals surface area contributed by atoms with Crippen molar-refractivity contribution >= 4 is 29.3 Å². The monoisotopic (exact) mass is 776 g/mol. The molecule has 3 N–H and O–H groups in total. The van der Waals surface area contributed by atoms with Crippen molar-refractivity contribution in [1.82, 2.24) is 25.3 Å². The van der Waals surface area contributed by atoms with Crippen LogP contribution in [0.2, 0.25) is 0 Å². The van der Waals surface area contributed by atoms with E-state index in [4.69, 9.17) is 0 Å². The highest BCUT2D eigenvalue weighted by Gasteiger charge is 2.71. The third-order valence-electron chi connectivity index (χ3n) is 13.5. The average Bonchev–Trinajstić information content (AvgIpc) is 3.94. The van der Waals surface area contributed by atoms with Crippen molar-refractivity contribution < 1.29 is 45.5 Å². The minimum absolute atomic E-state index is 0.0854. The SMILES string of the molecule is CCC(=O)N[C@@H](C(=O)N1CCC2(CC1)CC2(F)F)C1(c2ccc(NC(=O)[C@@H](NC(=O)c3ccnn3CC34CC(F)(C3)C4)[C@H]3CCCC(F)(F)C3)c(F)c2)CC1. The summed E-state index contributed by atoms with van der Waals surface area (Å²) in [6.07, 6.45) is 2.93. The van der Waals surface area contributed by atoms with E-state index in [0.717, 1.165) is 0 Å². The molecule has 298 valence electrons. The smallest absolute Gasteiger partial charge is 0.270 e. The van der Waals surface area contributed by atoms with Crippen LogP contribution < -0.4 is 16.0 Å². The van der Waals surface area contributed by atoms with Crippen LogP contribution in [-0.2, 0) is 26.3 Å². The number of amides is 4. The first-order chi connectivity index (χ1) is 25.9. The molecule has 2 aromatic rings. The number of halogens is 6. The molecule has 10 nitrogen and oxygen atoms in total. The molecule has 2 heterocycles. The van der Waals surface area contributed by atoms with Gasteiger partial charge in [0.1, 0.15) is 29.3 Å². The van der Waals surface area contributed by atoms with Gasteiger partial charge in [-0.3, -0.25) is 23.9 Å². The van der Waals surface area contributed by atoms with Gasteiger partial charge >= 0.3 is 0 Å². The van der Waals surface area contributed by atoms with Gasteiger partial charge in [0, 0.05) is 62.3 Å². The van der Waals surface area contributed by atoms with Gasteiger partial charge in [0.15, 0.2) is 0 Å². The van der Waals surface area contributed by atoms with Crippen molar-refractivity contribution in [3.05, 3.63) is 47.5 Å². The molecular formula is C39H46F6N6O4. The number of hydrogen-bond acceptors (Lipinski definition) is 5. The van der Waals surface area contributed by atoms with Crippen molar-refractivity contribution in [2.24, 2.45) is 16.7 Å². The Labute approximate surface area is 314 Å². The molecule has 1 aromatic heterocycles. The van der Waals surface area contributed by atoms with Gasteiger partial charge in [0.25, 0.3) is 11.8 Å². The molecule has 16 heteroatoms. The molecule has 9 rings (SSSR count). The molecule has 1 saturated heterocycles. The lowest BCUT2D eigenvalue weighted by molar-refractivity contribution is -0.221. The highest BCUT2D eigenvalue weighted by atomic mass is 19.3. The molecule has 0 radical (unpaired) electrons. The first-order valence-corrected chi connectivity index (χ1v) is 19.4. The van der Waals surface area contributed by atoms with Crippen LogP contribution in [-0.4, -0.2) is 81.0 Å². The van der Waals surface area contributed by atoms with Crippen LogP contribution in [0.1, 0.15) is 106 Å². The predicted octanol–water partition coefficient (Wildman–Crippen LogP) is 6.05. The average molecular weight is 777 g/mol. The maximum Gasteiger partial charge on any atom is 0.270 e. The van der Waals surface area contributed by atoms with E-state index in [-0.39, 0.29) is 74.8 Å². The highest BCUT2D eigenvalue weighted by molar-refractivity contribution is 6.01. The molecular weight excluding hydrogens is 730 g/mol. The van der Waals surface area contributed by atoms with Crippen LogP contribution in [0.25, 0.3) is 0 Å². The van der Waals surface area contributed by atoms with Gasteiger partial charge in [-0.2, -0.15) is 5.10 Å². The van der Waals surface area contributed by atoms with E-state index >= 15 is 4.39 Å². The zero-order valence-electron chi connectivity index (χ0n) is 30.7. The molecule has 1 aromatic carbocycles. The Bertz CT molecular complexity index is 1890. The van der Waals surface area contributed by atoms with Crippen LogP contribution >= 0.6 is 0 Å². The molecule has 1 aliphatic heterocycles. The number of carbonyl (C=O) groups is 4. The van der Waals surface area contributed by atoms with Crippen LogP contribution in [0.5, 0.6) is 0 Å². The number of likely N-dealkylation sites (tertiary alicyclic amines) is 1. The van der Waals surface area contributed by atoms with E-state index < -0.39 is 82.2 Å². The summed E-state index contributed by atoms with van der Waals surface area (Å²) in [5, 5.41) is 12.1. The predicted molar refractivity (Wildman–Crippen MR) is 186 cm³/mol. The van der Waals surface area contributed by atoms with E-state index in [9.17, 15) is 41.1 Å². The number of rotatable bonds is 12. The second-order valence-corrected chi connectivity index (χ2v) is 17.4. The summed E-state index contributed by atoms with van der Waals surface area (Å²) in [7, 11) is 0. The van der Waals surface area contributed by atoms with Crippen LogP contribution in [0.3, 0.4) is 0 Å². The highest BCUT2D eigenvalue weighted by Crippen LogP contribution is 2.70. The van der Waals surface area contributed by atoms with Gasteiger partial charge in [-0.05, 0) is 92.9 Å². The fraction of sp³-hybridized carbons (Fsp3) is 0.667. The zero-order chi connectivity index (χ0) is 39.2. The molecule has 0 unspecified atom stereocenters. The fourth-order valence-electron chi connectivity index (χ4n) is 10.1. The summed E-state index contributed by atoms with van der Waals surface area (Å²) in [6.45, 7) is 2.18. The van der Waals surface area contributed by atoms with Crippen molar-refractivity contribution in [1.29, 1.82) is 0 Å². The number of alkyl halides is 5. The normalized spacial score (nSPS) is 29.9. The first-order valence-electron chi connectivity index (χ1n) is 19.4. The van der Waals surface area contributed by atoms with Gasteiger partial charge in [-0.15, -0.1) is 0 Å². The topological polar surface area (TPSA) is 125 Å². The van der Waals surface area contributed by atoms with Gasteiger partial charge < -0.3 is 20.9 Å². The third kappa shape index (κ3) is 6.78. The van der Waals surface area contributed by atoms with Crippen LogP contribution in [0, 0.1) is 22.6 Å². The number of nitrogens with zero attached hydrogens (tertiary/aromatic N) is 3. The van der Waals surface area contributed by atoms with Crippen molar-refractivity contribution in [2.75, 3.05) is 18.4 Å². The number of hydrogen-bond donors (Lipinski definition) is 3. The summed E-state index contributed by atoms with van der Waals surface area (Å²) < 4.78 is 88.9. The van der Waals surface area contributed by atoms with E-state index in [1.54, 1.807) is 6.92 Å². The second kappa shape index (κ2) is 13.0. The number of aromatic nitrogens is 2. The quantitative estimate of drug-likeness (QED) is 0.227. The fourth-order valence-corrected chi connectivity index (χ4v) is 10.1. The molecule has 6 aliphatic carbocycles. The minimum Gasteiger partial charge on any atom is -0.343 e. The van der Waals surface area contributed by atoms with Gasteiger partial charge in [-0.25, -0.2) is 26.3 Å². The molecule has 1 spiro atoms. The van der Waals surface area contributed by atoms with Gasteiger partial charge in [0.2, 0.25) is 23.6 Å². The third-order valence-corrected chi connectivity index (χ3v) is 13.5. The summed E-state index contributed by atoms with van der Waals surface area (Å²) >= 11 is 0. The summed E-state index contributed by atoms with van der Waals surface area (Å²) in [5.74, 6) is -10.1. The summed E-state index contributed by atoms with van der Waals surface area (Å²) in [5.41, 5.74) is -3.27. The number of nitrogens with one attached hydrogen (secondary N) is 3. The van der Waals surface area contributed by atoms with Gasteiger partial charge in [0.05, 0.1) is 5.69 Å². The Morgan fingerprint density at radius 2 is 1.62 bits per heavy atom. The Morgan fingerprint density at radius 1 is 0.927 bits per heavy atom. The first kappa shape index (κ1) is 37.8. The lowest BCUT2D eigenvalue weighted by atomic mass is 9.42. The summed E-state index contributed by atoms with van der Waals surface area (Å²) in [4.78, 5) is 55.5. The molecule has 7 fully saturated rings. The van der Waals surface area contributed by atoms with Gasteiger partial charge in [-0.1, -0.05) is 13.0 Å². The molecule has 3 atom stereocenters. The van der Waals surface area contributed by atoms with E-state index in [2.05, 4.69) is 21.0 Å². The van der Waals surface area contributed by atoms with Crippen LogP contribution in [0.15, 0.2) is 30.5 Å². The maximum absolute atomic E-state index is 16.0. The van der Waals surface area contributed by atoms with Crippen molar-refractivity contribution in [3.63, 3.8) is 0 Å². The molecule has 7 aliphatic rings. The standard InChI is InChI=1S/C39H46F6N6O4/c1-2-28(52)48-30(33(55)50-14-11-35(12-15-50)21-39(35,44)45)37(9-10-37)24-5-6-26(25(40)16-24)47-32(54)29(23-4-3-8-38(42,43)17-23)49-31(53)27-7-13-46-51(27)22-34-18-36(41,19-34)20-34/h5-7,13,16,23,29-30H,2-4,8-12,14-15,17-22H2,1H3,(H,47,54)(H,48,52)(H,49,53)/t23-,29-,30-,34?,36?/m0/s1. The lowest BCUT2D eigenvalue weighted by Gasteiger charge is -2.65. The largest absolute Gasteiger partial charge is 0.343 e. The molecule has 4 amide bonds. The van der Waals surface area contributed by atoms with E-state index in [1.807, 2.05) is 0 Å². The Morgan fingerprint density at radius 3 is 2.20 bits per heavy atom. The van der Waals surface area contributed by atoms with Crippen molar-refractivity contribution in [3.8, 4) is 0 Å². The van der Waals surface area contributed by atoms with E-state index in [0.29, 0.717) is 44.2 Å². The zero-order valence-corrected chi connectivity index (χ0v) is 30.7. The number of anilines is 1. The molecule has 55 heavy (non-hydrogen) atoms. The second-order valence-electron chi connectivity index (χ2n) is 17.4. The van der Waals surface area contributed by atoms with Crippen molar-refractivity contribution in [2.45, 2.75) is 132 Å². The maximum atomic E-state index is 16.0. The summed E-state index contributed by atoms with van der Waals surface area (Å²) in [6, 6.07) is 2.93. The Balaban J connectivity index is 0.989. The number of benzene rings is 1. The molecule has 2 bridgehead atoms. The van der Waals surface area contributed by atoms with Crippen LogP contribution in [0.4, 0.5) is 32.0 Å². The minimum atomic E-state index is -3.06. The Kier molecular flexibility index (Phi) is 8.91. The molecule has 6 saturated carbocycles.